The lowest BCUT2D eigenvalue weighted by molar-refractivity contribution is -0.118. The topological polar surface area (TPSA) is 114 Å². The van der Waals surface area contributed by atoms with E-state index in [1.807, 2.05) is 29.6 Å². The Morgan fingerprint density at radius 2 is 1.77 bits per heavy atom. The fourth-order valence-electron chi connectivity index (χ4n) is 3.92. The minimum absolute atomic E-state index is 0.0643. The van der Waals surface area contributed by atoms with Crippen molar-refractivity contribution in [3.05, 3.63) is 118 Å². The van der Waals surface area contributed by atoms with Crippen molar-refractivity contribution in [2.24, 2.45) is 5.10 Å². The smallest absolute Gasteiger partial charge is 0.271 e. The molecule has 0 spiro atoms. The van der Waals surface area contributed by atoms with Gasteiger partial charge in [0.05, 0.1) is 24.7 Å². The summed E-state index contributed by atoms with van der Waals surface area (Å²) >= 11 is 7.41. The van der Waals surface area contributed by atoms with Crippen LogP contribution in [-0.2, 0) is 4.79 Å². The number of anilines is 3. The van der Waals surface area contributed by atoms with E-state index in [2.05, 4.69) is 26.1 Å². The summed E-state index contributed by atoms with van der Waals surface area (Å²) < 4.78 is 24.7. The zero-order valence-corrected chi connectivity index (χ0v) is 24.8. The Kier molecular flexibility index (Phi) is 9.80. The van der Waals surface area contributed by atoms with E-state index in [-0.39, 0.29) is 18.2 Å². The molecule has 0 unspecified atom stereocenters. The lowest BCUT2D eigenvalue weighted by Gasteiger charge is -2.11. The van der Waals surface area contributed by atoms with Crippen molar-refractivity contribution in [1.82, 2.24) is 10.4 Å². The van der Waals surface area contributed by atoms with Gasteiger partial charge in [-0.25, -0.2) is 14.8 Å². The van der Waals surface area contributed by atoms with E-state index >= 15 is 0 Å². The third-order valence-corrected chi connectivity index (χ3v) is 7.13. The van der Waals surface area contributed by atoms with Crippen LogP contribution in [0.4, 0.5) is 20.9 Å². The summed E-state index contributed by atoms with van der Waals surface area (Å²) in [5.41, 5.74) is 6.14. The maximum absolute atomic E-state index is 13.7. The lowest BCUT2D eigenvalue weighted by atomic mass is 10.1. The predicted molar refractivity (Wildman–Crippen MR) is 171 cm³/mol. The van der Waals surface area contributed by atoms with Gasteiger partial charge in [-0.15, -0.1) is 11.3 Å². The number of amides is 2. The molecule has 4 aromatic carbocycles. The first-order valence-corrected chi connectivity index (χ1v) is 14.4. The van der Waals surface area contributed by atoms with Gasteiger partial charge in [0.2, 0.25) is 0 Å². The maximum Gasteiger partial charge on any atom is 0.271 e. The van der Waals surface area contributed by atoms with E-state index < -0.39 is 11.7 Å². The normalized spacial score (nSPS) is 10.8. The molecule has 1 heterocycles. The molecule has 0 saturated carbocycles. The largest absolute Gasteiger partial charge is 0.493 e. The molecule has 44 heavy (non-hydrogen) atoms. The van der Waals surface area contributed by atoms with E-state index in [0.717, 1.165) is 22.1 Å². The monoisotopic (exact) mass is 629 g/mol. The first kappa shape index (κ1) is 30.2. The Labute approximate surface area is 261 Å². The molecule has 0 aliphatic carbocycles. The number of nitrogens with one attached hydrogen (secondary N) is 3. The number of benzene rings is 4. The number of hydrogen-bond acceptors (Lipinski definition) is 8. The van der Waals surface area contributed by atoms with Gasteiger partial charge in [-0.2, -0.15) is 5.10 Å². The van der Waals surface area contributed by atoms with Crippen molar-refractivity contribution in [3.8, 4) is 22.8 Å². The minimum atomic E-state index is -0.542. The van der Waals surface area contributed by atoms with Crippen molar-refractivity contribution in [2.75, 3.05) is 24.4 Å². The molecule has 0 aliphatic heterocycles. The second-order valence-corrected chi connectivity index (χ2v) is 10.5. The molecule has 0 fully saturated rings. The number of rotatable bonds is 11. The Morgan fingerprint density at radius 3 is 2.52 bits per heavy atom. The summed E-state index contributed by atoms with van der Waals surface area (Å²) in [6, 6.07) is 25.2. The number of para-hydroxylation sites is 1. The Bertz CT molecular complexity index is 1800. The highest BCUT2D eigenvalue weighted by atomic mass is 35.5. The quantitative estimate of drug-likeness (QED) is 0.106. The average Bonchev–Trinajstić information content (AvgIpc) is 3.51. The van der Waals surface area contributed by atoms with Gasteiger partial charge in [-0.3, -0.25) is 9.59 Å². The fourth-order valence-corrected chi connectivity index (χ4v) is 4.78. The van der Waals surface area contributed by atoms with Gasteiger partial charge >= 0.3 is 0 Å². The summed E-state index contributed by atoms with van der Waals surface area (Å²) in [7, 11) is 1.45. The molecule has 5 rings (SSSR count). The molecule has 0 bridgehead atoms. The van der Waals surface area contributed by atoms with Crippen LogP contribution < -0.4 is 25.5 Å². The molecule has 3 N–H and O–H groups in total. The van der Waals surface area contributed by atoms with Crippen molar-refractivity contribution >= 4 is 57.5 Å². The zero-order chi connectivity index (χ0) is 30.9. The van der Waals surface area contributed by atoms with Crippen LogP contribution >= 0.6 is 22.9 Å². The highest BCUT2D eigenvalue weighted by Gasteiger charge is 2.11. The van der Waals surface area contributed by atoms with Crippen molar-refractivity contribution in [3.63, 3.8) is 0 Å². The van der Waals surface area contributed by atoms with Gasteiger partial charge < -0.3 is 20.1 Å². The number of hydrazone groups is 1. The number of nitrogens with zero attached hydrogens (tertiary/aromatic N) is 2. The standard InChI is InChI=1S/C32H25ClFN5O4S/c1-42-29-16-20(6-15-28(29)43-18-30(40)37-26-5-3-2-4-25(26)34)17-35-39-31(41)22-9-7-21(8-10-22)27-19-44-32(38-27)36-24-13-11-23(33)12-14-24/h2-17,19H,18H2,1H3,(H,36,38)(H,37,40)(H,39,41)/b35-17-. The molecule has 5 aromatic rings. The van der Waals surface area contributed by atoms with Crippen LogP contribution in [0.1, 0.15) is 15.9 Å². The number of carbonyl (C=O) groups excluding carboxylic acids is 2. The minimum Gasteiger partial charge on any atom is -0.493 e. The van der Waals surface area contributed by atoms with Gasteiger partial charge in [0, 0.05) is 27.2 Å². The van der Waals surface area contributed by atoms with Crippen LogP contribution in [0, 0.1) is 5.82 Å². The number of hydrogen-bond donors (Lipinski definition) is 3. The Balaban J connectivity index is 1.13. The number of halogens is 2. The van der Waals surface area contributed by atoms with Crippen LogP contribution in [0.5, 0.6) is 11.5 Å². The summed E-state index contributed by atoms with van der Waals surface area (Å²) in [6.45, 7) is -0.350. The Hall–Kier alpha value is -5.26. The third-order valence-electron chi connectivity index (χ3n) is 6.12. The van der Waals surface area contributed by atoms with Crippen LogP contribution in [0.15, 0.2) is 101 Å². The van der Waals surface area contributed by atoms with Crippen LogP contribution in [0.2, 0.25) is 5.02 Å². The van der Waals surface area contributed by atoms with E-state index in [0.29, 0.717) is 27.6 Å². The number of aromatic nitrogens is 1. The van der Waals surface area contributed by atoms with Gasteiger partial charge in [0.25, 0.3) is 11.8 Å². The molecular weight excluding hydrogens is 605 g/mol. The summed E-state index contributed by atoms with van der Waals surface area (Å²) in [4.78, 5) is 29.4. The number of methoxy groups -OCH3 is 1. The fraction of sp³-hybridized carbons (Fsp3) is 0.0625. The van der Waals surface area contributed by atoms with E-state index in [1.54, 1.807) is 48.5 Å². The van der Waals surface area contributed by atoms with Crippen molar-refractivity contribution in [1.29, 1.82) is 0 Å². The lowest BCUT2D eigenvalue weighted by Crippen LogP contribution is -2.21. The first-order valence-electron chi connectivity index (χ1n) is 13.1. The highest BCUT2D eigenvalue weighted by Crippen LogP contribution is 2.29. The summed E-state index contributed by atoms with van der Waals surface area (Å²) in [6.07, 6.45) is 1.45. The number of thiazole rings is 1. The third kappa shape index (κ3) is 7.97. The number of carbonyl (C=O) groups is 2. The number of ether oxygens (including phenoxy) is 2. The SMILES string of the molecule is COc1cc(/C=N\NC(=O)c2ccc(-c3csc(Nc4ccc(Cl)cc4)n3)cc2)ccc1OCC(=O)Nc1ccccc1F. The molecule has 0 saturated heterocycles. The van der Waals surface area contributed by atoms with Gasteiger partial charge in [0.15, 0.2) is 23.2 Å². The van der Waals surface area contributed by atoms with Gasteiger partial charge in [-0.1, -0.05) is 35.9 Å². The van der Waals surface area contributed by atoms with Gasteiger partial charge in [-0.05, 0) is 72.3 Å². The molecule has 2 amide bonds. The molecule has 222 valence electrons. The van der Waals surface area contributed by atoms with Crippen LogP contribution in [-0.4, -0.2) is 36.7 Å². The summed E-state index contributed by atoms with van der Waals surface area (Å²) in [5, 5.41) is 13.1. The molecule has 0 radical (unpaired) electrons. The van der Waals surface area contributed by atoms with Crippen LogP contribution in [0.25, 0.3) is 11.3 Å². The second-order valence-electron chi connectivity index (χ2n) is 9.17. The Morgan fingerprint density at radius 1 is 1.00 bits per heavy atom. The second kappa shape index (κ2) is 14.3. The predicted octanol–water partition coefficient (Wildman–Crippen LogP) is 7.14. The van der Waals surface area contributed by atoms with E-state index in [9.17, 15) is 14.0 Å². The van der Waals surface area contributed by atoms with Gasteiger partial charge in [0.1, 0.15) is 5.82 Å². The summed E-state index contributed by atoms with van der Waals surface area (Å²) in [5.74, 6) is -0.793. The zero-order valence-electron chi connectivity index (χ0n) is 23.2. The highest BCUT2D eigenvalue weighted by molar-refractivity contribution is 7.14. The molecule has 12 heteroatoms. The van der Waals surface area contributed by atoms with E-state index in [1.165, 1.54) is 42.9 Å². The first-order chi connectivity index (χ1) is 21.4. The van der Waals surface area contributed by atoms with E-state index in [4.69, 9.17) is 21.1 Å². The molecule has 1 aromatic heterocycles. The van der Waals surface area contributed by atoms with Crippen molar-refractivity contribution < 1.29 is 23.5 Å². The van der Waals surface area contributed by atoms with Crippen LogP contribution in [0.3, 0.4) is 0 Å². The van der Waals surface area contributed by atoms with Crippen molar-refractivity contribution in [2.45, 2.75) is 0 Å². The molecule has 9 nitrogen and oxygen atoms in total. The molecular formula is C32H25ClFN5O4S. The molecule has 0 atom stereocenters. The molecule has 0 aliphatic rings. The maximum atomic E-state index is 13.7. The average molecular weight is 630 g/mol.